The first-order valence-electron chi connectivity index (χ1n) is 13.0. The molecule has 13 heteroatoms. The number of amides is 1. The zero-order valence-electron chi connectivity index (χ0n) is 22.5. The molecule has 2 aromatic carbocycles. The van der Waals surface area contributed by atoms with Crippen LogP contribution in [-0.4, -0.2) is 70.2 Å². The minimum atomic E-state index is -4.58. The van der Waals surface area contributed by atoms with Gasteiger partial charge in [-0.2, -0.15) is 23.1 Å². The maximum Gasteiger partial charge on any atom is 0.416 e. The minimum Gasteiger partial charge on any atom is -0.379 e. The average molecular weight is 568 g/mol. The summed E-state index contributed by atoms with van der Waals surface area (Å²) in [5.41, 5.74) is 0.798. The number of rotatable bonds is 7. The van der Waals surface area contributed by atoms with Gasteiger partial charge in [0.2, 0.25) is 5.95 Å². The highest BCUT2D eigenvalue weighted by Gasteiger charge is 2.31. The number of nitrogens with one attached hydrogen (secondary N) is 2. The van der Waals surface area contributed by atoms with E-state index in [-0.39, 0.29) is 11.2 Å². The van der Waals surface area contributed by atoms with Crippen LogP contribution in [0.4, 0.5) is 24.8 Å². The molecular weight excluding hydrogens is 539 g/mol. The molecule has 4 aromatic rings. The molecular formula is C28H28F3N7O3. The summed E-state index contributed by atoms with van der Waals surface area (Å²) in [5.74, 6) is -0.382. The molecule has 0 radical (unpaired) electrons. The maximum atomic E-state index is 13.5. The number of ether oxygens (including phenoxy) is 1. The summed E-state index contributed by atoms with van der Waals surface area (Å²) in [6, 6.07) is 9.14. The molecule has 1 saturated heterocycles. The second-order valence-corrected chi connectivity index (χ2v) is 9.60. The van der Waals surface area contributed by atoms with Crippen LogP contribution >= 0.6 is 0 Å². The Bertz CT molecular complexity index is 1650. The molecule has 0 saturated carbocycles. The third-order valence-electron chi connectivity index (χ3n) is 6.89. The van der Waals surface area contributed by atoms with E-state index in [2.05, 4.69) is 30.5 Å². The summed E-state index contributed by atoms with van der Waals surface area (Å²) in [6.07, 6.45) is -2.47. The maximum absolute atomic E-state index is 13.5. The smallest absolute Gasteiger partial charge is 0.379 e. The van der Waals surface area contributed by atoms with Crippen LogP contribution in [0.1, 0.15) is 27.2 Å². The van der Waals surface area contributed by atoms with E-state index >= 15 is 0 Å². The first-order chi connectivity index (χ1) is 19.6. The number of fused-ring (bicyclic) bond motifs is 1. The molecule has 0 spiro atoms. The van der Waals surface area contributed by atoms with Crippen LogP contribution in [0, 0.1) is 6.92 Å². The zero-order valence-corrected chi connectivity index (χ0v) is 22.5. The molecule has 0 bridgehead atoms. The molecule has 0 unspecified atom stereocenters. The number of carbonyl (C=O) groups is 1. The molecule has 2 N–H and O–H groups in total. The highest BCUT2D eigenvalue weighted by atomic mass is 19.4. The second-order valence-electron chi connectivity index (χ2n) is 9.60. The van der Waals surface area contributed by atoms with Crippen LogP contribution in [0.25, 0.3) is 16.7 Å². The van der Waals surface area contributed by atoms with Crippen LogP contribution in [0.5, 0.6) is 0 Å². The predicted octanol–water partition coefficient (Wildman–Crippen LogP) is 3.67. The van der Waals surface area contributed by atoms with E-state index in [1.807, 2.05) is 6.92 Å². The fourth-order valence-electron chi connectivity index (χ4n) is 4.71. The van der Waals surface area contributed by atoms with Crippen LogP contribution in [0.15, 0.2) is 53.5 Å². The molecule has 1 fully saturated rings. The molecule has 2 aromatic heterocycles. The van der Waals surface area contributed by atoms with E-state index in [1.54, 1.807) is 31.4 Å². The molecule has 214 valence electrons. The monoisotopic (exact) mass is 567 g/mol. The quantitative estimate of drug-likeness (QED) is 0.348. The van der Waals surface area contributed by atoms with Crippen molar-refractivity contribution in [1.29, 1.82) is 0 Å². The molecule has 1 aliphatic heterocycles. The van der Waals surface area contributed by atoms with Gasteiger partial charge in [0.05, 0.1) is 29.9 Å². The zero-order chi connectivity index (χ0) is 29.1. The fourth-order valence-corrected chi connectivity index (χ4v) is 4.71. The Morgan fingerprint density at radius 3 is 2.61 bits per heavy atom. The topological polar surface area (TPSA) is 114 Å². The summed E-state index contributed by atoms with van der Waals surface area (Å²) in [4.78, 5) is 41.5. The SMILES string of the molecule is CNc1ncc2c(CCN3CCOCC3)n(-c3cc(NC(=O)c4cccc(C(F)(F)F)c4)ccc3C)c(=O)nc2n1. The van der Waals surface area contributed by atoms with E-state index in [0.29, 0.717) is 54.6 Å². The van der Waals surface area contributed by atoms with Crippen molar-refractivity contribution < 1.29 is 22.7 Å². The molecule has 1 aliphatic rings. The van der Waals surface area contributed by atoms with E-state index in [0.717, 1.165) is 30.8 Å². The lowest BCUT2D eigenvalue weighted by Gasteiger charge is -2.27. The van der Waals surface area contributed by atoms with Crippen molar-refractivity contribution in [3.05, 3.63) is 81.5 Å². The van der Waals surface area contributed by atoms with Crippen LogP contribution < -0.4 is 16.3 Å². The van der Waals surface area contributed by atoms with Crippen molar-refractivity contribution in [2.45, 2.75) is 19.5 Å². The van der Waals surface area contributed by atoms with Gasteiger partial charge in [-0.3, -0.25) is 14.3 Å². The molecule has 41 heavy (non-hydrogen) atoms. The number of hydrogen-bond acceptors (Lipinski definition) is 8. The predicted molar refractivity (Wildman–Crippen MR) is 148 cm³/mol. The Morgan fingerprint density at radius 1 is 1.10 bits per heavy atom. The molecule has 10 nitrogen and oxygen atoms in total. The number of hydrogen-bond donors (Lipinski definition) is 2. The van der Waals surface area contributed by atoms with Gasteiger partial charge in [-0.25, -0.2) is 9.78 Å². The van der Waals surface area contributed by atoms with E-state index in [1.165, 1.54) is 16.7 Å². The molecule has 5 rings (SSSR count). The summed E-state index contributed by atoms with van der Waals surface area (Å²) >= 11 is 0. The summed E-state index contributed by atoms with van der Waals surface area (Å²) < 4.78 is 46.4. The van der Waals surface area contributed by atoms with Crippen molar-refractivity contribution in [2.24, 2.45) is 0 Å². The van der Waals surface area contributed by atoms with Crippen molar-refractivity contribution in [3.8, 4) is 5.69 Å². The highest BCUT2D eigenvalue weighted by molar-refractivity contribution is 6.04. The average Bonchev–Trinajstić information content (AvgIpc) is 2.96. The van der Waals surface area contributed by atoms with Gasteiger partial charge in [0, 0.05) is 56.2 Å². The van der Waals surface area contributed by atoms with E-state index in [9.17, 15) is 22.8 Å². The van der Waals surface area contributed by atoms with Gasteiger partial charge in [-0.15, -0.1) is 0 Å². The third-order valence-corrected chi connectivity index (χ3v) is 6.89. The summed E-state index contributed by atoms with van der Waals surface area (Å²) in [5, 5.41) is 6.11. The minimum absolute atomic E-state index is 0.143. The van der Waals surface area contributed by atoms with Crippen molar-refractivity contribution in [1.82, 2.24) is 24.4 Å². The Morgan fingerprint density at radius 2 is 1.88 bits per heavy atom. The lowest BCUT2D eigenvalue weighted by Crippen LogP contribution is -2.38. The van der Waals surface area contributed by atoms with Gasteiger partial charge < -0.3 is 15.4 Å². The number of nitrogens with zero attached hydrogens (tertiary/aromatic N) is 5. The highest BCUT2D eigenvalue weighted by Crippen LogP contribution is 2.30. The number of halogens is 3. The van der Waals surface area contributed by atoms with Crippen molar-refractivity contribution in [2.75, 3.05) is 50.5 Å². The Kier molecular flexibility index (Phi) is 7.99. The Hall–Kier alpha value is -4.36. The molecule has 0 atom stereocenters. The molecule has 1 amide bonds. The number of carbonyl (C=O) groups excluding carboxylic acids is 1. The Balaban J connectivity index is 1.54. The number of benzene rings is 2. The molecule has 3 heterocycles. The van der Waals surface area contributed by atoms with Gasteiger partial charge in [0.15, 0.2) is 5.65 Å². The fraction of sp³-hybridized carbons (Fsp3) is 0.321. The Labute approximate surface area is 233 Å². The normalized spacial score (nSPS) is 14.3. The molecule has 0 aliphatic carbocycles. The van der Waals surface area contributed by atoms with E-state index in [4.69, 9.17) is 4.74 Å². The first kappa shape index (κ1) is 28.2. The van der Waals surface area contributed by atoms with Gasteiger partial charge in [0.1, 0.15) is 0 Å². The lowest BCUT2D eigenvalue weighted by molar-refractivity contribution is -0.137. The van der Waals surface area contributed by atoms with Crippen LogP contribution in [0.3, 0.4) is 0 Å². The van der Waals surface area contributed by atoms with Crippen molar-refractivity contribution >= 4 is 28.6 Å². The lowest BCUT2D eigenvalue weighted by atomic mass is 10.1. The van der Waals surface area contributed by atoms with Gasteiger partial charge in [-0.1, -0.05) is 12.1 Å². The van der Waals surface area contributed by atoms with E-state index < -0.39 is 23.3 Å². The van der Waals surface area contributed by atoms with Gasteiger partial charge >= 0.3 is 11.9 Å². The summed E-state index contributed by atoms with van der Waals surface area (Å²) in [7, 11) is 1.67. The first-order valence-corrected chi connectivity index (χ1v) is 13.0. The summed E-state index contributed by atoms with van der Waals surface area (Å²) in [6.45, 7) is 5.27. The van der Waals surface area contributed by atoms with Gasteiger partial charge in [0.25, 0.3) is 5.91 Å². The van der Waals surface area contributed by atoms with Crippen LogP contribution in [-0.2, 0) is 17.3 Å². The standard InChI is InChI=1S/C28H28F3N7O3/c1-17-6-7-20(34-25(39)18-4-3-5-19(14-18)28(29,30)31)15-23(17)38-22(8-9-37-10-12-41-13-11-37)21-16-33-26(32-2)35-24(21)36-27(38)40/h3-7,14-16H,8-13H2,1-2H3,(H,34,39)(H,32,35,36,40). The number of aromatic nitrogens is 4. The largest absolute Gasteiger partial charge is 0.416 e. The second kappa shape index (κ2) is 11.6. The third kappa shape index (κ3) is 6.20. The number of morpholine rings is 1. The number of alkyl halides is 3. The van der Waals surface area contributed by atoms with Gasteiger partial charge in [-0.05, 0) is 42.8 Å². The van der Waals surface area contributed by atoms with Crippen LogP contribution in [0.2, 0.25) is 0 Å². The van der Waals surface area contributed by atoms with Crippen molar-refractivity contribution in [3.63, 3.8) is 0 Å². The number of aryl methyl sites for hydroxylation is 1. The number of anilines is 2.